The molecule has 0 saturated carbocycles. The second-order valence-corrected chi connectivity index (χ2v) is 7.13. The largest absolute Gasteiger partial charge is 0.371 e. The maximum atomic E-state index is 13.4. The van der Waals surface area contributed by atoms with Crippen molar-refractivity contribution in [3.63, 3.8) is 0 Å². The van der Waals surface area contributed by atoms with Gasteiger partial charge in [0.2, 0.25) is 5.91 Å². The Labute approximate surface area is 153 Å². The molecule has 6 heteroatoms. The van der Waals surface area contributed by atoms with E-state index < -0.39 is 11.6 Å². The Morgan fingerprint density at radius 3 is 2.85 bits per heavy atom. The first-order valence-electron chi connectivity index (χ1n) is 9.23. The first-order chi connectivity index (χ1) is 12.6. The molecular weight excluding hydrogens is 336 g/mol. The molecule has 0 unspecified atom stereocenters. The van der Waals surface area contributed by atoms with Gasteiger partial charge in [-0.2, -0.15) is 0 Å². The molecule has 4 nitrogen and oxygen atoms in total. The highest BCUT2D eigenvalue weighted by Gasteiger charge is 2.29. The minimum absolute atomic E-state index is 0.0474. The highest BCUT2D eigenvalue weighted by molar-refractivity contribution is 5.81. The quantitative estimate of drug-likeness (QED) is 0.818. The first-order valence-corrected chi connectivity index (χ1v) is 9.23. The maximum absolute atomic E-state index is 13.4. The van der Waals surface area contributed by atoms with Crippen LogP contribution in [-0.2, 0) is 4.79 Å². The van der Waals surface area contributed by atoms with Crippen LogP contribution in [0.2, 0.25) is 0 Å². The molecule has 26 heavy (non-hydrogen) atoms. The van der Waals surface area contributed by atoms with Crippen LogP contribution >= 0.6 is 0 Å². The van der Waals surface area contributed by atoms with Crippen LogP contribution in [-0.4, -0.2) is 49.6 Å². The number of benzene rings is 1. The van der Waals surface area contributed by atoms with Gasteiger partial charge in [-0.1, -0.05) is 12.3 Å². The fourth-order valence-electron chi connectivity index (χ4n) is 3.87. The first kappa shape index (κ1) is 18.7. The predicted octanol–water partition coefficient (Wildman–Crippen LogP) is 2.40. The van der Waals surface area contributed by atoms with Crippen molar-refractivity contribution >= 4 is 11.6 Å². The topological polar surface area (TPSA) is 35.6 Å². The number of hydrogen-bond donors (Lipinski definition) is 1. The molecule has 2 fully saturated rings. The third kappa shape index (κ3) is 4.34. The summed E-state index contributed by atoms with van der Waals surface area (Å²) in [5, 5.41) is 3.07. The summed E-state index contributed by atoms with van der Waals surface area (Å²) in [5.74, 6) is 1.32. The molecule has 2 saturated heterocycles. The molecule has 2 atom stereocenters. The molecule has 0 aliphatic carbocycles. The van der Waals surface area contributed by atoms with Crippen molar-refractivity contribution in [2.45, 2.75) is 31.7 Å². The number of carbonyl (C=O) groups is 1. The van der Waals surface area contributed by atoms with Gasteiger partial charge in [-0.05, 0) is 43.9 Å². The van der Waals surface area contributed by atoms with E-state index in [1.54, 1.807) is 6.07 Å². The molecule has 0 bridgehead atoms. The third-order valence-corrected chi connectivity index (χ3v) is 5.33. The molecule has 2 aliphatic rings. The summed E-state index contributed by atoms with van der Waals surface area (Å²) in [4.78, 5) is 16.7. The number of carbonyl (C=O) groups excluding carboxylic acids is 1. The second kappa shape index (κ2) is 8.50. The van der Waals surface area contributed by atoms with Crippen LogP contribution in [0.5, 0.6) is 0 Å². The number of likely N-dealkylation sites (tertiary alicyclic amines) is 1. The standard InChI is InChI=1S/C20H25F2N3O/c1-2-9-24-10-4-3-5-19(24)20(26)23-13-15-8-11-25(14-15)16-6-7-17(21)18(22)12-16/h1,6-7,12,15,19H,3-5,8-11,13-14H2,(H,23,26)/t15-,19+/m1/s1. The smallest absolute Gasteiger partial charge is 0.237 e. The van der Waals surface area contributed by atoms with Crippen molar-refractivity contribution in [2.24, 2.45) is 5.92 Å². The van der Waals surface area contributed by atoms with Crippen LogP contribution in [0.4, 0.5) is 14.5 Å². The van der Waals surface area contributed by atoms with E-state index in [1.807, 2.05) is 4.90 Å². The van der Waals surface area contributed by atoms with Crippen LogP contribution in [0.3, 0.4) is 0 Å². The fourth-order valence-corrected chi connectivity index (χ4v) is 3.87. The molecule has 0 radical (unpaired) electrons. The zero-order valence-corrected chi connectivity index (χ0v) is 14.9. The number of nitrogens with one attached hydrogen (secondary N) is 1. The molecule has 1 aromatic carbocycles. The highest BCUT2D eigenvalue weighted by Crippen LogP contribution is 2.25. The summed E-state index contributed by atoms with van der Waals surface area (Å²) in [7, 11) is 0. The summed E-state index contributed by atoms with van der Waals surface area (Å²) in [5.41, 5.74) is 0.685. The van der Waals surface area contributed by atoms with Gasteiger partial charge < -0.3 is 10.2 Å². The number of piperidine rings is 1. The molecule has 140 valence electrons. The Hall–Kier alpha value is -2.13. The molecule has 2 heterocycles. The molecular formula is C20H25F2N3O. The third-order valence-electron chi connectivity index (χ3n) is 5.33. The van der Waals surface area contributed by atoms with Gasteiger partial charge in [0.1, 0.15) is 0 Å². The van der Waals surface area contributed by atoms with Gasteiger partial charge in [-0.15, -0.1) is 6.42 Å². The molecule has 2 aliphatic heterocycles. The van der Waals surface area contributed by atoms with Gasteiger partial charge in [0.05, 0.1) is 12.6 Å². The lowest BCUT2D eigenvalue weighted by Gasteiger charge is -2.33. The Morgan fingerprint density at radius 2 is 2.08 bits per heavy atom. The van der Waals surface area contributed by atoms with Gasteiger partial charge in [0.25, 0.3) is 0 Å². The van der Waals surface area contributed by atoms with E-state index in [1.165, 1.54) is 6.07 Å². The Bertz CT molecular complexity index is 688. The van der Waals surface area contributed by atoms with Crippen molar-refractivity contribution in [3.8, 4) is 12.3 Å². The fraction of sp³-hybridized carbons (Fsp3) is 0.550. The van der Waals surface area contributed by atoms with Gasteiger partial charge in [0.15, 0.2) is 11.6 Å². The second-order valence-electron chi connectivity index (χ2n) is 7.13. The summed E-state index contributed by atoms with van der Waals surface area (Å²) < 4.78 is 26.5. The van der Waals surface area contributed by atoms with Crippen molar-refractivity contribution in [2.75, 3.05) is 37.6 Å². The van der Waals surface area contributed by atoms with Crippen molar-refractivity contribution in [1.82, 2.24) is 10.2 Å². The minimum atomic E-state index is -0.833. The number of hydrogen-bond acceptors (Lipinski definition) is 3. The van der Waals surface area contributed by atoms with Crippen LogP contribution in [0.25, 0.3) is 0 Å². The number of amides is 1. The van der Waals surface area contributed by atoms with Crippen LogP contribution < -0.4 is 10.2 Å². The van der Waals surface area contributed by atoms with E-state index in [0.29, 0.717) is 24.7 Å². The molecule has 1 N–H and O–H groups in total. The van der Waals surface area contributed by atoms with Crippen LogP contribution in [0.1, 0.15) is 25.7 Å². The number of terminal acetylenes is 1. The predicted molar refractivity (Wildman–Crippen MR) is 97.7 cm³/mol. The van der Waals surface area contributed by atoms with Gasteiger partial charge in [-0.3, -0.25) is 9.69 Å². The SMILES string of the molecule is C#CCN1CCCC[C@H]1C(=O)NC[C@H]1CCN(c2ccc(F)c(F)c2)C1. The van der Waals surface area contributed by atoms with Crippen LogP contribution in [0.15, 0.2) is 18.2 Å². The summed E-state index contributed by atoms with van der Waals surface area (Å²) in [6, 6.07) is 3.85. The normalized spacial score (nSPS) is 23.7. The maximum Gasteiger partial charge on any atom is 0.237 e. The average molecular weight is 361 g/mol. The number of anilines is 1. The molecule has 1 amide bonds. The molecule has 1 aromatic rings. The summed E-state index contributed by atoms with van der Waals surface area (Å²) in [6.07, 6.45) is 9.30. The number of halogens is 2. The number of rotatable bonds is 5. The molecule has 0 spiro atoms. The van der Waals surface area contributed by atoms with E-state index in [0.717, 1.165) is 51.4 Å². The molecule has 3 rings (SSSR count). The van der Waals surface area contributed by atoms with Gasteiger partial charge >= 0.3 is 0 Å². The Kier molecular flexibility index (Phi) is 6.10. The van der Waals surface area contributed by atoms with Crippen molar-refractivity contribution in [3.05, 3.63) is 29.8 Å². The van der Waals surface area contributed by atoms with Crippen molar-refractivity contribution in [1.29, 1.82) is 0 Å². The van der Waals surface area contributed by atoms with Crippen molar-refractivity contribution < 1.29 is 13.6 Å². The monoisotopic (exact) mass is 361 g/mol. The van der Waals surface area contributed by atoms with Crippen LogP contribution in [0, 0.1) is 29.9 Å². The molecule has 0 aromatic heterocycles. The van der Waals surface area contributed by atoms with E-state index in [4.69, 9.17) is 6.42 Å². The lowest BCUT2D eigenvalue weighted by molar-refractivity contribution is -0.127. The highest BCUT2D eigenvalue weighted by atomic mass is 19.2. The lowest BCUT2D eigenvalue weighted by atomic mass is 10.0. The Balaban J connectivity index is 1.50. The van der Waals surface area contributed by atoms with E-state index >= 15 is 0 Å². The minimum Gasteiger partial charge on any atom is -0.371 e. The number of nitrogens with zero attached hydrogens (tertiary/aromatic N) is 2. The van der Waals surface area contributed by atoms with E-state index in [-0.39, 0.29) is 11.9 Å². The lowest BCUT2D eigenvalue weighted by Crippen LogP contribution is -2.50. The van der Waals surface area contributed by atoms with Gasteiger partial charge in [-0.25, -0.2) is 8.78 Å². The summed E-state index contributed by atoms with van der Waals surface area (Å²) >= 11 is 0. The zero-order valence-electron chi connectivity index (χ0n) is 14.9. The summed E-state index contributed by atoms with van der Waals surface area (Å²) in [6.45, 7) is 3.47. The average Bonchev–Trinajstić information content (AvgIpc) is 3.12. The van der Waals surface area contributed by atoms with E-state index in [2.05, 4.69) is 16.1 Å². The van der Waals surface area contributed by atoms with E-state index in [9.17, 15) is 13.6 Å². The Morgan fingerprint density at radius 1 is 1.23 bits per heavy atom. The van der Waals surface area contributed by atoms with Gasteiger partial charge in [0, 0.05) is 31.4 Å². The zero-order chi connectivity index (χ0) is 18.5.